The van der Waals surface area contributed by atoms with Crippen LogP contribution in [0.25, 0.3) is 11.4 Å². The number of nitrogens with two attached hydrogens (primary N) is 1. The Bertz CT molecular complexity index is 655. The highest BCUT2D eigenvalue weighted by Gasteiger charge is 2.34. The van der Waals surface area contributed by atoms with Gasteiger partial charge in [0, 0.05) is 18.7 Å². The fourth-order valence-corrected chi connectivity index (χ4v) is 2.64. The van der Waals surface area contributed by atoms with Crippen molar-refractivity contribution in [2.45, 2.75) is 19.9 Å². The molecule has 1 aliphatic rings. The van der Waals surface area contributed by atoms with E-state index < -0.39 is 0 Å². The molecule has 0 radical (unpaired) electrons. The molecular formula is C15H20N6O. The number of carbonyl (C=O) groups excluding carboxylic acids is 1. The molecule has 2 N–H and O–H groups in total. The van der Waals surface area contributed by atoms with Crippen molar-refractivity contribution in [3.8, 4) is 11.4 Å². The molecule has 1 saturated heterocycles. The van der Waals surface area contributed by atoms with Gasteiger partial charge in [0.15, 0.2) is 0 Å². The van der Waals surface area contributed by atoms with Crippen LogP contribution < -0.4 is 5.73 Å². The summed E-state index contributed by atoms with van der Waals surface area (Å²) in [6.07, 6.45) is 0.940. The van der Waals surface area contributed by atoms with Gasteiger partial charge < -0.3 is 10.6 Å². The molecule has 0 aliphatic carbocycles. The lowest BCUT2D eigenvalue weighted by Gasteiger charge is -2.22. The van der Waals surface area contributed by atoms with Crippen LogP contribution in [0.1, 0.15) is 13.3 Å². The number of aromatic nitrogens is 4. The van der Waals surface area contributed by atoms with Gasteiger partial charge in [0.2, 0.25) is 11.7 Å². The molecule has 1 unspecified atom stereocenters. The Labute approximate surface area is 129 Å². The van der Waals surface area contributed by atoms with Gasteiger partial charge in [-0.15, -0.1) is 10.2 Å². The topological polar surface area (TPSA) is 89.9 Å². The number of carbonyl (C=O) groups is 1. The molecule has 2 aromatic rings. The van der Waals surface area contributed by atoms with E-state index in [-0.39, 0.29) is 17.9 Å². The molecule has 116 valence electrons. The van der Waals surface area contributed by atoms with Crippen molar-refractivity contribution in [1.82, 2.24) is 25.1 Å². The fourth-order valence-electron chi connectivity index (χ4n) is 2.64. The third-order valence-corrected chi connectivity index (χ3v) is 4.16. The van der Waals surface area contributed by atoms with Crippen LogP contribution in [-0.2, 0) is 11.3 Å². The summed E-state index contributed by atoms with van der Waals surface area (Å²) >= 11 is 0. The zero-order valence-corrected chi connectivity index (χ0v) is 12.6. The molecule has 7 nitrogen and oxygen atoms in total. The Morgan fingerprint density at radius 2 is 2.14 bits per heavy atom. The summed E-state index contributed by atoms with van der Waals surface area (Å²) in [5.74, 6) is 0.538. The molecule has 1 aliphatic heterocycles. The van der Waals surface area contributed by atoms with Gasteiger partial charge >= 0.3 is 0 Å². The van der Waals surface area contributed by atoms with Crippen LogP contribution in [0.3, 0.4) is 0 Å². The maximum absolute atomic E-state index is 12.3. The lowest BCUT2D eigenvalue weighted by Crippen LogP contribution is -2.36. The van der Waals surface area contributed by atoms with E-state index in [1.54, 1.807) is 0 Å². The highest BCUT2D eigenvalue weighted by atomic mass is 16.2. The Morgan fingerprint density at radius 3 is 2.82 bits per heavy atom. The van der Waals surface area contributed by atoms with Gasteiger partial charge in [0.25, 0.3) is 0 Å². The van der Waals surface area contributed by atoms with E-state index in [9.17, 15) is 4.79 Å². The first-order chi connectivity index (χ1) is 10.6. The molecule has 2 heterocycles. The van der Waals surface area contributed by atoms with Crippen molar-refractivity contribution in [3.63, 3.8) is 0 Å². The van der Waals surface area contributed by atoms with E-state index in [0.717, 1.165) is 18.5 Å². The van der Waals surface area contributed by atoms with Crippen LogP contribution in [0.2, 0.25) is 0 Å². The average Bonchev–Trinajstić information content (AvgIpc) is 3.16. The summed E-state index contributed by atoms with van der Waals surface area (Å²) in [6.45, 7) is 4.26. The lowest BCUT2D eigenvalue weighted by atomic mass is 9.90. The molecule has 1 amide bonds. The second-order valence-electron chi connectivity index (χ2n) is 6.09. The maximum Gasteiger partial charge on any atom is 0.246 e. The van der Waals surface area contributed by atoms with Crippen molar-refractivity contribution in [2.75, 3.05) is 19.6 Å². The number of nitrogens with zero attached hydrogens (tertiary/aromatic N) is 5. The predicted molar refractivity (Wildman–Crippen MR) is 81.6 cm³/mol. The summed E-state index contributed by atoms with van der Waals surface area (Å²) in [4.78, 5) is 15.5. The van der Waals surface area contributed by atoms with Crippen LogP contribution in [0.5, 0.6) is 0 Å². The van der Waals surface area contributed by atoms with Gasteiger partial charge in [-0.25, -0.2) is 0 Å². The average molecular weight is 300 g/mol. The number of hydrogen-bond donors (Lipinski definition) is 1. The van der Waals surface area contributed by atoms with Gasteiger partial charge in [0.1, 0.15) is 6.54 Å². The van der Waals surface area contributed by atoms with Gasteiger partial charge in [-0.2, -0.15) is 4.80 Å². The summed E-state index contributed by atoms with van der Waals surface area (Å²) < 4.78 is 0. The van der Waals surface area contributed by atoms with Crippen molar-refractivity contribution in [2.24, 2.45) is 11.1 Å². The molecule has 7 heteroatoms. The molecule has 1 atom stereocenters. The predicted octanol–water partition coefficient (Wildman–Crippen LogP) is 0.537. The molecule has 22 heavy (non-hydrogen) atoms. The minimum absolute atomic E-state index is 0.00851. The summed E-state index contributed by atoms with van der Waals surface area (Å²) in [5, 5.41) is 12.2. The van der Waals surface area contributed by atoms with Crippen molar-refractivity contribution < 1.29 is 4.79 Å². The first-order valence-corrected chi connectivity index (χ1v) is 7.41. The van der Waals surface area contributed by atoms with E-state index >= 15 is 0 Å². The quantitative estimate of drug-likeness (QED) is 0.890. The highest BCUT2D eigenvalue weighted by Crippen LogP contribution is 2.28. The number of benzene rings is 1. The van der Waals surface area contributed by atoms with Crippen molar-refractivity contribution in [3.05, 3.63) is 30.3 Å². The normalized spacial score (nSPS) is 21.3. The van der Waals surface area contributed by atoms with Crippen LogP contribution in [-0.4, -0.2) is 50.6 Å². The first kappa shape index (κ1) is 14.6. The summed E-state index contributed by atoms with van der Waals surface area (Å²) in [7, 11) is 0. The Balaban J connectivity index is 1.65. The number of hydrogen-bond acceptors (Lipinski definition) is 5. The standard InChI is InChI=1S/C15H20N6O/c1-15(10-16)7-8-20(11-15)13(22)9-21-18-14(17-19-21)12-5-3-2-4-6-12/h2-6H,7-11,16H2,1H3. The van der Waals surface area contributed by atoms with Gasteiger partial charge in [-0.1, -0.05) is 37.3 Å². The Morgan fingerprint density at radius 1 is 1.36 bits per heavy atom. The molecule has 0 spiro atoms. The highest BCUT2D eigenvalue weighted by molar-refractivity contribution is 5.76. The van der Waals surface area contributed by atoms with Gasteiger partial charge in [-0.05, 0) is 23.6 Å². The van der Waals surface area contributed by atoms with E-state index in [4.69, 9.17) is 5.73 Å². The lowest BCUT2D eigenvalue weighted by molar-refractivity contribution is -0.131. The molecular weight excluding hydrogens is 280 g/mol. The maximum atomic E-state index is 12.3. The minimum atomic E-state index is 0.00851. The monoisotopic (exact) mass is 300 g/mol. The zero-order chi connectivity index (χ0) is 15.6. The smallest absolute Gasteiger partial charge is 0.246 e. The van der Waals surface area contributed by atoms with Gasteiger partial charge in [0.05, 0.1) is 0 Å². The third kappa shape index (κ3) is 2.99. The summed E-state index contributed by atoms with van der Waals surface area (Å²) in [5.41, 5.74) is 6.69. The molecule has 1 fully saturated rings. The molecule has 0 bridgehead atoms. The molecule has 3 rings (SSSR count). The number of likely N-dealkylation sites (tertiary alicyclic amines) is 1. The third-order valence-electron chi connectivity index (χ3n) is 4.16. The second-order valence-corrected chi connectivity index (χ2v) is 6.09. The van der Waals surface area contributed by atoms with E-state index in [1.165, 1.54) is 4.80 Å². The largest absolute Gasteiger partial charge is 0.340 e. The van der Waals surface area contributed by atoms with E-state index in [2.05, 4.69) is 22.3 Å². The van der Waals surface area contributed by atoms with Gasteiger partial charge in [-0.3, -0.25) is 4.79 Å². The van der Waals surface area contributed by atoms with Crippen LogP contribution in [0.4, 0.5) is 0 Å². The van der Waals surface area contributed by atoms with Crippen molar-refractivity contribution in [1.29, 1.82) is 0 Å². The fraction of sp³-hybridized carbons (Fsp3) is 0.467. The zero-order valence-electron chi connectivity index (χ0n) is 12.6. The molecule has 0 saturated carbocycles. The number of tetrazole rings is 1. The SMILES string of the molecule is CC1(CN)CCN(C(=O)Cn2nnc(-c3ccccc3)n2)C1. The van der Waals surface area contributed by atoms with Crippen LogP contribution in [0, 0.1) is 5.41 Å². The van der Waals surface area contributed by atoms with E-state index in [1.807, 2.05) is 35.2 Å². The number of rotatable bonds is 4. The van der Waals surface area contributed by atoms with Crippen LogP contribution >= 0.6 is 0 Å². The molecule has 1 aromatic carbocycles. The Kier molecular flexibility index (Phi) is 3.89. The van der Waals surface area contributed by atoms with E-state index in [0.29, 0.717) is 18.9 Å². The summed E-state index contributed by atoms with van der Waals surface area (Å²) in [6, 6.07) is 9.59. The second kappa shape index (κ2) is 5.84. The minimum Gasteiger partial charge on any atom is -0.340 e. The van der Waals surface area contributed by atoms with Crippen LogP contribution in [0.15, 0.2) is 30.3 Å². The van der Waals surface area contributed by atoms with Crippen molar-refractivity contribution >= 4 is 5.91 Å². The first-order valence-electron chi connectivity index (χ1n) is 7.41. The Hall–Kier alpha value is -2.28. The number of amides is 1. The molecule has 1 aromatic heterocycles.